The van der Waals surface area contributed by atoms with Gasteiger partial charge in [-0.25, -0.2) is 9.67 Å². The third-order valence-corrected chi connectivity index (χ3v) is 3.87. The number of benzene rings is 2. The predicted molar refractivity (Wildman–Crippen MR) is 86.2 cm³/mol. The Morgan fingerprint density at radius 3 is 2.59 bits per heavy atom. The molecule has 2 aromatic carbocycles. The number of nitrogens with zero attached hydrogens (tertiary/aromatic N) is 4. The molecule has 0 bridgehead atoms. The van der Waals surface area contributed by atoms with Crippen LogP contribution in [0.2, 0.25) is 5.02 Å². The Morgan fingerprint density at radius 1 is 1.18 bits per heavy atom. The number of aromatic nitrogens is 3. The van der Waals surface area contributed by atoms with E-state index in [2.05, 4.69) is 26.0 Å². The van der Waals surface area contributed by atoms with Crippen LogP contribution in [-0.4, -0.2) is 19.7 Å². The van der Waals surface area contributed by atoms with Crippen LogP contribution in [0.5, 0.6) is 0 Å². The van der Waals surface area contributed by atoms with E-state index in [9.17, 15) is 10.1 Å². The van der Waals surface area contributed by atoms with Gasteiger partial charge in [0.15, 0.2) is 5.82 Å². The van der Waals surface area contributed by atoms with Crippen LogP contribution in [0.15, 0.2) is 53.3 Å². The van der Waals surface area contributed by atoms with Gasteiger partial charge in [0.2, 0.25) is 0 Å². The summed E-state index contributed by atoms with van der Waals surface area (Å²) in [6.07, 6.45) is 1.40. The van der Waals surface area contributed by atoms with Crippen molar-refractivity contribution in [3.8, 4) is 17.1 Å². The number of nitro groups is 1. The van der Waals surface area contributed by atoms with E-state index >= 15 is 0 Å². The number of hydrogen-bond donors (Lipinski definition) is 0. The van der Waals surface area contributed by atoms with Crippen LogP contribution in [0, 0.1) is 10.1 Å². The summed E-state index contributed by atoms with van der Waals surface area (Å²) in [5, 5.41) is 15.2. The quantitative estimate of drug-likeness (QED) is 0.503. The van der Waals surface area contributed by atoms with Crippen LogP contribution in [0.1, 0.15) is 0 Å². The minimum atomic E-state index is -0.526. The maximum atomic E-state index is 11.0. The van der Waals surface area contributed by atoms with Crippen LogP contribution in [0.4, 0.5) is 5.69 Å². The van der Waals surface area contributed by atoms with E-state index in [0.717, 1.165) is 10.0 Å². The van der Waals surface area contributed by atoms with Crippen molar-refractivity contribution in [3.63, 3.8) is 0 Å². The highest BCUT2D eigenvalue weighted by Gasteiger charge is 2.16. The van der Waals surface area contributed by atoms with Crippen LogP contribution in [-0.2, 0) is 0 Å². The molecule has 0 radical (unpaired) electrons. The molecule has 0 unspecified atom stereocenters. The van der Waals surface area contributed by atoms with E-state index in [-0.39, 0.29) is 10.7 Å². The molecule has 22 heavy (non-hydrogen) atoms. The van der Waals surface area contributed by atoms with Crippen molar-refractivity contribution >= 4 is 33.2 Å². The Morgan fingerprint density at radius 2 is 1.91 bits per heavy atom. The number of hydrogen-bond acceptors (Lipinski definition) is 4. The highest BCUT2D eigenvalue weighted by Crippen LogP contribution is 2.28. The van der Waals surface area contributed by atoms with Gasteiger partial charge in [-0.2, -0.15) is 5.10 Å². The van der Waals surface area contributed by atoms with E-state index in [4.69, 9.17) is 11.6 Å². The topological polar surface area (TPSA) is 73.8 Å². The zero-order chi connectivity index (χ0) is 15.7. The molecule has 0 atom stereocenters. The third-order valence-electron chi connectivity index (χ3n) is 3.02. The fourth-order valence-electron chi connectivity index (χ4n) is 2.00. The maximum Gasteiger partial charge on any atom is 0.290 e. The van der Waals surface area contributed by atoms with Crippen molar-refractivity contribution in [3.05, 3.63) is 68.4 Å². The first-order valence-electron chi connectivity index (χ1n) is 6.16. The van der Waals surface area contributed by atoms with E-state index in [1.807, 2.05) is 24.3 Å². The smallest absolute Gasteiger partial charge is 0.258 e. The van der Waals surface area contributed by atoms with Gasteiger partial charge < -0.3 is 0 Å². The van der Waals surface area contributed by atoms with Gasteiger partial charge in [0.25, 0.3) is 5.69 Å². The summed E-state index contributed by atoms with van der Waals surface area (Å²) in [4.78, 5) is 14.7. The maximum absolute atomic E-state index is 11.0. The molecule has 0 saturated carbocycles. The lowest BCUT2D eigenvalue weighted by Gasteiger charge is -2.07. The molecular weight excluding hydrogens is 372 g/mol. The average Bonchev–Trinajstić information content (AvgIpc) is 2.97. The van der Waals surface area contributed by atoms with Crippen LogP contribution >= 0.6 is 27.5 Å². The summed E-state index contributed by atoms with van der Waals surface area (Å²) in [7, 11) is 0. The predicted octanol–water partition coefficient (Wildman–Crippen LogP) is 4.26. The van der Waals surface area contributed by atoms with Crippen molar-refractivity contribution in [1.29, 1.82) is 0 Å². The van der Waals surface area contributed by atoms with Gasteiger partial charge in [0.05, 0.1) is 10.6 Å². The molecule has 3 rings (SSSR count). The third kappa shape index (κ3) is 2.72. The summed E-state index contributed by atoms with van der Waals surface area (Å²) < 4.78 is 2.48. The first-order valence-corrected chi connectivity index (χ1v) is 7.33. The molecule has 1 heterocycles. The normalized spacial score (nSPS) is 10.6. The molecule has 0 fully saturated rings. The van der Waals surface area contributed by atoms with Crippen molar-refractivity contribution in [1.82, 2.24) is 14.8 Å². The molecular formula is C14H8BrClN4O2. The molecule has 6 nitrogen and oxygen atoms in total. The lowest BCUT2D eigenvalue weighted by molar-refractivity contribution is -0.384. The standard InChI is InChI=1S/C14H8BrClN4O2/c15-10-3-1-9(2-4-10)14-17-8-18-19(14)11-5-6-12(16)13(7-11)20(21)22/h1-8H. The zero-order valence-electron chi connectivity index (χ0n) is 11.0. The van der Waals surface area contributed by atoms with Gasteiger partial charge in [-0.1, -0.05) is 39.7 Å². The van der Waals surface area contributed by atoms with Crippen molar-refractivity contribution in [2.24, 2.45) is 0 Å². The molecule has 8 heteroatoms. The van der Waals surface area contributed by atoms with Crippen LogP contribution in [0.25, 0.3) is 17.1 Å². The highest BCUT2D eigenvalue weighted by atomic mass is 79.9. The molecule has 1 aromatic heterocycles. The fourth-order valence-corrected chi connectivity index (χ4v) is 2.45. The number of rotatable bonds is 3. The van der Waals surface area contributed by atoms with Gasteiger partial charge in [0.1, 0.15) is 11.3 Å². The monoisotopic (exact) mass is 378 g/mol. The molecule has 0 aliphatic heterocycles. The minimum absolute atomic E-state index is 0.0825. The van der Waals surface area contributed by atoms with E-state index in [0.29, 0.717) is 11.5 Å². The first kappa shape index (κ1) is 14.7. The van der Waals surface area contributed by atoms with Crippen molar-refractivity contribution < 1.29 is 4.92 Å². The molecule has 0 amide bonds. The van der Waals surface area contributed by atoms with E-state index < -0.39 is 4.92 Å². The number of halogens is 2. The Kier molecular flexibility index (Phi) is 3.91. The van der Waals surface area contributed by atoms with Gasteiger partial charge in [0, 0.05) is 16.1 Å². The summed E-state index contributed by atoms with van der Waals surface area (Å²) in [6.45, 7) is 0. The summed E-state index contributed by atoms with van der Waals surface area (Å²) in [6, 6.07) is 12.1. The molecule has 0 saturated heterocycles. The molecule has 0 spiro atoms. The molecule has 110 valence electrons. The van der Waals surface area contributed by atoms with E-state index in [1.54, 1.807) is 6.07 Å². The zero-order valence-corrected chi connectivity index (χ0v) is 13.3. The number of nitro benzene ring substituents is 1. The van der Waals surface area contributed by atoms with Gasteiger partial charge >= 0.3 is 0 Å². The van der Waals surface area contributed by atoms with Gasteiger partial charge in [-0.05, 0) is 24.3 Å². The van der Waals surface area contributed by atoms with Gasteiger partial charge in [-0.3, -0.25) is 10.1 Å². The van der Waals surface area contributed by atoms with Crippen molar-refractivity contribution in [2.75, 3.05) is 0 Å². The van der Waals surface area contributed by atoms with Crippen LogP contribution in [0.3, 0.4) is 0 Å². The molecule has 0 aliphatic carbocycles. The van der Waals surface area contributed by atoms with Crippen LogP contribution < -0.4 is 0 Å². The Hall–Kier alpha value is -2.25. The van der Waals surface area contributed by atoms with Gasteiger partial charge in [-0.15, -0.1) is 0 Å². The minimum Gasteiger partial charge on any atom is -0.258 e. The second-order valence-electron chi connectivity index (χ2n) is 4.40. The Balaban J connectivity index is 2.11. The van der Waals surface area contributed by atoms with E-state index in [1.165, 1.54) is 23.1 Å². The van der Waals surface area contributed by atoms with Crippen molar-refractivity contribution in [2.45, 2.75) is 0 Å². The first-order chi connectivity index (χ1) is 10.6. The lowest BCUT2D eigenvalue weighted by Crippen LogP contribution is -2.01. The fraction of sp³-hybridized carbons (Fsp3) is 0. The summed E-state index contributed by atoms with van der Waals surface area (Å²) in [5.41, 5.74) is 1.20. The largest absolute Gasteiger partial charge is 0.290 e. The second kappa shape index (κ2) is 5.86. The Bertz CT molecular complexity index is 848. The molecule has 0 aliphatic rings. The lowest BCUT2D eigenvalue weighted by atomic mass is 10.2. The summed E-state index contributed by atoms with van der Waals surface area (Å²) >= 11 is 9.21. The summed E-state index contributed by atoms with van der Waals surface area (Å²) in [5.74, 6) is 0.587. The average molecular weight is 380 g/mol. The SMILES string of the molecule is O=[N+]([O-])c1cc(-n2ncnc2-c2ccc(Br)cc2)ccc1Cl. The molecule has 0 N–H and O–H groups in total. The second-order valence-corrected chi connectivity index (χ2v) is 5.72. The molecule has 3 aromatic rings. The highest BCUT2D eigenvalue weighted by molar-refractivity contribution is 9.10. The Labute approximate surface area is 138 Å².